The number of anilines is 1. The number of rotatable bonds is 2. The van der Waals surface area contributed by atoms with Crippen molar-refractivity contribution in [2.45, 2.75) is 31.5 Å². The number of fused-ring (bicyclic) bond motifs is 1. The first-order chi connectivity index (χ1) is 12.4. The lowest BCUT2D eigenvalue weighted by molar-refractivity contribution is -0.152. The average molecular weight is 363 g/mol. The molecule has 136 valence electrons. The van der Waals surface area contributed by atoms with Crippen LogP contribution in [0.3, 0.4) is 0 Å². The van der Waals surface area contributed by atoms with E-state index in [0.29, 0.717) is 35.0 Å². The van der Waals surface area contributed by atoms with Gasteiger partial charge in [-0.3, -0.25) is 9.89 Å². The standard InChI is InChI=1S/C17H16F3N5O/c18-17(19,20)13-3-1-2-6-25(13)14-7-10(8-15(26)23-14)11-4-5-21-16-12(11)9-22-24-16/h4-5,7-9,13H,1-3,6H2,(H,23,26)(H,21,22,24)/t13-/m1/s1. The second kappa shape index (κ2) is 6.15. The van der Waals surface area contributed by atoms with Crippen molar-refractivity contribution in [1.82, 2.24) is 20.2 Å². The summed E-state index contributed by atoms with van der Waals surface area (Å²) in [5.41, 5.74) is 1.33. The molecule has 6 nitrogen and oxygen atoms in total. The molecule has 4 rings (SSSR count). The average Bonchev–Trinajstić information content (AvgIpc) is 3.09. The molecule has 1 atom stereocenters. The van der Waals surface area contributed by atoms with Gasteiger partial charge in [0.05, 0.1) is 6.20 Å². The summed E-state index contributed by atoms with van der Waals surface area (Å²) in [6.07, 6.45) is -0.00245. The Morgan fingerprint density at radius 3 is 2.88 bits per heavy atom. The second-order valence-electron chi connectivity index (χ2n) is 6.36. The van der Waals surface area contributed by atoms with E-state index in [-0.39, 0.29) is 18.8 Å². The third-order valence-corrected chi connectivity index (χ3v) is 4.69. The molecular formula is C17H16F3N5O. The lowest BCUT2D eigenvalue weighted by atomic mass is 10.0. The van der Waals surface area contributed by atoms with Crippen LogP contribution in [-0.2, 0) is 0 Å². The highest BCUT2D eigenvalue weighted by atomic mass is 19.4. The minimum atomic E-state index is -4.35. The van der Waals surface area contributed by atoms with Crippen molar-refractivity contribution in [3.8, 4) is 11.1 Å². The van der Waals surface area contributed by atoms with Gasteiger partial charge in [-0.15, -0.1) is 0 Å². The molecular weight excluding hydrogens is 347 g/mol. The van der Waals surface area contributed by atoms with E-state index in [1.54, 1.807) is 24.5 Å². The summed E-state index contributed by atoms with van der Waals surface area (Å²) in [6.45, 7) is 0.251. The minimum absolute atomic E-state index is 0.0248. The molecule has 2 N–H and O–H groups in total. The molecule has 0 spiro atoms. The van der Waals surface area contributed by atoms with Gasteiger partial charge in [0.25, 0.3) is 0 Å². The smallest absolute Gasteiger partial charge is 0.346 e. The summed E-state index contributed by atoms with van der Waals surface area (Å²) >= 11 is 0. The van der Waals surface area contributed by atoms with Crippen LogP contribution in [0, 0.1) is 0 Å². The van der Waals surface area contributed by atoms with Crippen LogP contribution in [0.4, 0.5) is 19.0 Å². The van der Waals surface area contributed by atoms with E-state index in [4.69, 9.17) is 0 Å². The molecule has 0 aliphatic carbocycles. The number of piperidine rings is 1. The molecule has 3 aromatic rings. The number of halogens is 3. The number of pyridine rings is 2. The topological polar surface area (TPSA) is 77.7 Å². The summed E-state index contributed by atoms with van der Waals surface area (Å²) < 4.78 is 40.2. The van der Waals surface area contributed by atoms with Gasteiger partial charge >= 0.3 is 6.18 Å². The van der Waals surface area contributed by atoms with Gasteiger partial charge in [0.15, 0.2) is 5.65 Å². The highest BCUT2D eigenvalue weighted by Gasteiger charge is 2.44. The maximum absolute atomic E-state index is 13.4. The number of hydrogen-bond acceptors (Lipinski definition) is 4. The first-order valence-corrected chi connectivity index (χ1v) is 8.30. The lowest BCUT2D eigenvalue weighted by Gasteiger charge is -2.38. The zero-order valence-corrected chi connectivity index (χ0v) is 13.7. The SMILES string of the molecule is O=c1cc(-c2ccnc3[nH]ncc23)cc(N2CCCC[C@@H]2C(F)(F)F)[nH]1. The van der Waals surface area contributed by atoms with Crippen molar-refractivity contribution in [1.29, 1.82) is 0 Å². The number of hydrogen-bond donors (Lipinski definition) is 2. The van der Waals surface area contributed by atoms with Crippen molar-refractivity contribution in [2.75, 3.05) is 11.4 Å². The molecule has 1 saturated heterocycles. The van der Waals surface area contributed by atoms with Crippen LogP contribution in [-0.4, -0.2) is 38.9 Å². The van der Waals surface area contributed by atoms with Crippen LogP contribution in [0.1, 0.15) is 19.3 Å². The van der Waals surface area contributed by atoms with Crippen molar-refractivity contribution in [3.63, 3.8) is 0 Å². The van der Waals surface area contributed by atoms with E-state index in [2.05, 4.69) is 20.2 Å². The number of alkyl halides is 3. The van der Waals surface area contributed by atoms with E-state index in [1.165, 1.54) is 11.0 Å². The summed E-state index contributed by atoms with van der Waals surface area (Å²) in [6, 6.07) is 3.09. The van der Waals surface area contributed by atoms with Gasteiger partial charge in [0, 0.05) is 24.2 Å². The highest BCUT2D eigenvalue weighted by Crippen LogP contribution is 2.35. The third-order valence-electron chi connectivity index (χ3n) is 4.69. The zero-order valence-electron chi connectivity index (χ0n) is 13.7. The molecule has 0 aromatic carbocycles. The van der Waals surface area contributed by atoms with E-state index < -0.39 is 17.8 Å². The molecule has 1 aliphatic heterocycles. The Bertz CT molecular complexity index is 994. The number of nitrogens with zero attached hydrogens (tertiary/aromatic N) is 3. The third kappa shape index (κ3) is 2.93. The predicted octanol–water partition coefficient (Wildman–Crippen LogP) is 3.23. The Morgan fingerprint density at radius 2 is 2.08 bits per heavy atom. The molecule has 26 heavy (non-hydrogen) atoms. The Hall–Kier alpha value is -2.84. The van der Waals surface area contributed by atoms with E-state index in [0.717, 1.165) is 0 Å². The summed E-state index contributed by atoms with van der Waals surface area (Å²) in [5.74, 6) is 0.183. The molecule has 1 fully saturated rings. The summed E-state index contributed by atoms with van der Waals surface area (Å²) in [4.78, 5) is 20.1. The van der Waals surface area contributed by atoms with Crippen molar-refractivity contribution in [2.24, 2.45) is 0 Å². The van der Waals surface area contributed by atoms with Crippen molar-refractivity contribution in [3.05, 3.63) is 40.9 Å². The summed E-state index contributed by atoms with van der Waals surface area (Å²) in [7, 11) is 0. The van der Waals surface area contributed by atoms with E-state index in [1.807, 2.05) is 0 Å². The monoisotopic (exact) mass is 363 g/mol. The van der Waals surface area contributed by atoms with Gasteiger partial charge in [-0.2, -0.15) is 18.3 Å². The Balaban J connectivity index is 1.82. The van der Waals surface area contributed by atoms with Gasteiger partial charge in [-0.25, -0.2) is 4.98 Å². The van der Waals surface area contributed by atoms with Gasteiger partial charge in [-0.05, 0) is 42.5 Å². The largest absolute Gasteiger partial charge is 0.408 e. The first kappa shape index (κ1) is 16.6. The lowest BCUT2D eigenvalue weighted by Crippen LogP contribution is -2.49. The fraction of sp³-hybridized carbons (Fsp3) is 0.353. The van der Waals surface area contributed by atoms with Gasteiger partial charge in [-0.1, -0.05) is 0 Å². The minimum Gasteiger partial charge on any atom is -0.346 e. The molecule has 0 amide bonds. The van der Waals surface area contributed by atoms with Crippen LogP contribution < -0.4 is 10.5 Å². The number of nitrogens with one attached hydrogen (secondary N) is 2. The van der Waals surface area contributed by atoms with Crippen LogP contribution >= 0.6 is 0 Å². The van der Waals surface area contributed by atoms with Crippen LogP contribution in [0.2, 0.25) is 0 Å². The fourth-order valence-corrected chi connectivity index (χ4v) is 3.50. The number of H-pyrrole nitrogens is 2. The molecule has 0 unspecified atom stereocenters. The van der Waals surface area contributed by atoms with E-state index in [9.17, 15) is 18.0 Å². The quantitative estimate of drug-likeness (QED) is 0.733. The first-order valence-electron chi connectivity index (χ1n) is 8.30. The van der Waals surface area contributed by atoms with Gasteiger partial charge < -0.3 is 9.88 Å². The van der Waals surface area contributed by atoms with Crippen molar-refractivity contribution < 1.29 is 13.2 Å². The predicted molar refractivity (Wildman–Crippen MR) is 91.0 cm³/mol. The Kier molecular flexibility index (Phi) is 3.93. The molecule has 0 radical (unpaired) electrons. The maximum atomic E-state index is 13.4. The van der Waals surface area contributed by atoms with Crippen LogP contribution in [0.25, 0.3) is 22.2 Å². The molecule has 0 bridgehead atoms. The molecule has 9 heteroatoms. The molecule has 3 aromatic heterocycles. The second-order valence-corrected chi connectivity index (χ2v) is 6.36. The number of aromatic amines is 2. The van der Waals surface area contributed by atoms with Crippen LogP contribution in [0.15, 0.2) is 35.4 Å². The summed E-state index contributed by atoms with van der Waals surface area (Å²) in [5, 5.41) is 7.38. The van der Waals surface area contributed by atoms with E-state index >= 15 is 0 Å². The molecule has 4 heterocycles. The fourth-order valence-electron chi connectivity index (χ4n) is 3.50. The highest BCUT2D eigenvalue weighted by molar-refractivity contribution is 5.92. The molecule has 1 aliphatic rings. The molecule has 0 saturated carbocycles. The zero-order chi connectivity index (χ0) is 18.3. The Labute approximate surface area is 146 Å². The number of aromatic nitrogens is 4. The van der Waals surface area contributed by atoms with Gasteiger partial charge in [0.1, 0.15) is 11.9 Å². The normalized spacial score (nSPS) is 18.4. The van der Waals surface area contributed by atoms with Crippen molar-refractivity contribution >= 4 is 16.9 Å². The maximum Gasteiger partial charge on any atom is 0.408 e. The van der Waals surface area contributed by atoms with Crippen LogP contribution in [0.5, 0.6) is 0 Å². The Morgan fingerprint density at radius 1 is 1.23 bits per heavy atom. The van der Waals surface area contributed by atoms with Gasteiger partial charge in [0.2, 0.25) is 5.56 Å².